The largest absolute Gasteiger partial charge is 0.417 e. The van der Waals surface area contributed by atoms with Crippen LogP contribution in [0.15, 0.2) is 51.7 Å². The number of amides is 1. The molecule has 0 fully saturated rings. The number of aromatic amines is 1. The Balaban J connectivity index is 1.85. The number of anilines is 1. The molecule has 1 heterocycles. The highest BCUT2D eigenvalue weighted by Gasteiger charge is 2.11. The monoisotopic (exact) mass is 314 g/mol. The summed E-state index contributed by atoms with van der Waals surface area (Å²) in [6, 6.07) is 12.6. The zero-order valence-electron chi connectivity index (χ0n) is 11.9. The molecule has 2 N–H and O–H groups in total. The predicted octanol–water partition coefficient (Wildman–Crippen LogP) is 3.24. The highest BCUT2D eigenvalue weighted by atomic mass is 32.2. The van der Waals surface area contributed by atoms with Gasteiger partial charge in [0, 0.05) is 11.3 Å². The van der Waals surface area contributed by atoms with Crippen LogP contribution in [0.25, 0.3) is 11.1 Å². The van der Waals surface area contributed by atoms with Gasteiger partial charge in [0.05, 0.1) is 5.69 Å². The van der Waals surface area contributed by atoms with Crippen LogP contribution in [-0.4, -0.2) is 17.1 Å². The summed E-state index contributed by atoms with van der Waals surface area (Å²) in [6.07, 6.45) is 2.03. The van der Waals surface area contributed by atoms with Crippen LogP contribution in [0.1, 0.15) is 15.9 Å². The molecule has 22 heavy (non-hydrogen) atoms. The molecule has 3 aromatic rings. The lowest BCUT2D eigenvalue weighted by Gasteiger charge is -2.06. The number of fused-ring (bicyclic) bond motifs is 1. The van der Waals surface area contributed by atoms with Crippen molar-refractivity contribution in [2.75, 3.05) is 11.6 Å². The first-order valence-corrected chi connectivity index (χ1v) is 8.08. The average Bonchev–Trinajstić information content (AvgIpc) is 2.90. The van der Waals surface area contributed by atoms with Crippen molar-refractivity contribution >= 4 is 34.5 Å². The molecule has 0 aliphatic heterocycles. The second-order valence-corrected chi connectivity index (χ2v) is 5.64. The molecule has 0 spiro atoms. The molecule has 0 aliphatic rings. The summed E-state index contributed by atoms with van der Waals surface area (Å²) in [5.74, 6) is 0.139. The fourth-order valence-electron chi connectivity index (χ4n) is 2.19. The molecule has 0 unspecified atom stereocenters. The van der Waals surface area contributed by atoms with Gasteiger partial charge in [0.25, 0.3) is 5.91 Å². The third-order valence-electron chi connectivity index (χ3n) is 3.23. The number of para-hydroxylation sites is 1. The van der Waals surface area contributed by atoms with Crippen molar-refractivity contribution in [3.8, 4) is 0 Å². The molecule has 6 heteroatoms. The zero-order chi connectivity index (χ0) is 15.5. The number of carbonyl (C=O) groups is 1. The van der Waals surface area contributed by atoms with E-state index in [-0.39, 0.29) is 5.91 Å². The first-order chi connectivity index (χ1) is 10.7. The highest BCUT2D eigenvalue weighted by molar-refractivity contribution is 7.97. The third kappa shape index (κ3) is 2.92. The Morgan fingerprint density at radius 3 is 2.73 bits per heavy atom. The van der Waals surface area contributed by atoms with Crippen molar-refractivity contribution in [1.29, 1.82) is 0 Å². The van der Waals surface area contributed by atoms with Crippen molar-refractivity contribution < 1.29 is 9.21 Å². The average molecular weight is 314 g/mol. The molecule has 2 aromatic carbocycles. The van der Waals surface area contributed by atoms with Crippen molar-refractivity contribution in [2.45, 2.75) is 5.75 Å². The van der Waals surface area contributed by atoms with Crippen LogP contribution in [0, 0.1) is 0 Å². The molecular formula is C16H14N2O3S. The van der Waals surface area contributed by atoms with E-state index >= 15 is 0 Å². The summed E-state index contributed by atoms with van der Waals surface area (Å²) in [6.45, 7) is 0. The van der Waals surface area contributed by atoms with Crippen LogP contribution in [0.2, 0.25) is 0 Å². The maximum Gasteiger partial charge on any atom is 0.417 e. The van der Waals surface area contributed by atoms with Crippen LogP contribution < -0.4 is 11.1 Å². The normalized spacial score (nSPS) is 10.8. The molecule has 5 nitrogen and oxygen atoms in total. The molecule has 1 amide bonds. The second-order valence-electron chi connectivity index (χ2n) is 4.78. The molecule has 0 atom stereocenters. The zero-order valence-corrected chi connectivity index (χ0v) is 12.7. The van der Waals surface area contributed by atoms with Crippen molar-refractivity contribution in [2.24, 2.45) is 0 Å². The van der Waals surface area contributed by atoms with Crippen LogP contribution in [0.5, 0.6) is 0 Å². The van der Waals surface area contributed by atoms with Crippen molar-refractivity contribution in [1.82, 2.24) is 4.98 Å². The Morgan fingerprint density at radius 2 is 2.00 bits per heavy atom. The fourth-order valence-corrected chi connectivity index (χ4v) is 2.72. The molecule has 1 aromatic heterocycles. The Labute approximate surface area is 130 Å². The molecule has 0 radical (unpaired) electrons. The summed E-state index contributed by atoms with van der Waals surface area (Å²) in [4.78, 5) is 26.1. The van der Waals surface area contributed by atoms with E-state index in [4.69, 9.17) is 4.42 Å². The van der Waals surface area contributed by atoms with Gasteiger partial charge in [-0.3, -0.25) is 9.78 Å². The number of hydrogen-bond donors (Lipinski definition) is 2. The van der Waals surface area contributed by atoms with Gasteiger partial charge in [-0.15, -0.1) is 0 Å². The van der Waals surface area contributed by atoms with Gasteiger partial charge in [0.15, 0.2) is 5.58 Å². The molecule has 0 aliphatic carbocycles. The molecule has 0 bridgehead atoms. The number of aromatic nitrogens is 1. The Kier molecular flexibility index (Phi) is 4.02. The van der Waals surface area contributed by atoms with Gasteiger partial charge in [0.2, 0.25) is 0 Å². The lowest BCUT2D eigenvalue weighted by molar-refractivity contribution is 0.102. The fraction of sp³-hybridized carbons (Fsp3) is 0.125. The van der Waals surface area contributed by atoms with Crippen molar-refractivity contribution in [3.05, 3.63) is 64.1 Å². The minimum absolute atomic E-state index is 0.231. The summed E-state index contributed by atoms with van der Waals surface area (Å²) in [5, 5.41) is 2.79. The maximum atomic E-state index is 12.3. The Hall–Kier alpha value is -2.47. The highest BCUT2D eigenvalue weighted by Crippen LogP contribution is 2.21. The first-order valence-electron chi connectivity index (χ1n) is 6.68. The standard InChI is InChI=1S/C16H14N2O3S/c1-22-9-10-5-7-11(8-6-10)15(19)17-12-3-2-4-13-14(12)18-16(20)21-13/h2-8H,9H2,1H3,(H,17,19)(H,18,20). The maximum absolute atomic E-state index is 12.3. The number of oxazole rings is 1. The minimum atomic E-state index is -0.543. The molecule has 112 valence electrons. The predicted molar refractivity (Wildman–Crippen MR) is 88.4 cm³/mol. The molecule has 0 saturated heterocycles. The molecule has 0 saturated carbocycles. The Bertz CT molecular complexity index is 865. The van der Waals surface area contributed by atoms with Crippen LogP contribution >= 0.6 is 11.8 Å². The number of hydrogen-bond acceptors (Lipinski definition) is 4. The van der Waals surface area contributed by atoms with E-state index in [9.17, 15) is 9.59 Å². The molecular weight excluding hydrogens is 300 g/mol. The number of thioether (sulfide) groups is 1. The number of nitrogens with one attached hydrogen (secondary N) is 2. The lowest BCUT2D eigenvalue weighted by atomic mass is 10.1. The van der Waals surface area contributed by atoms with E-state index in [2.05, 4.69) is 10.3 Å². The summed E-state index contributed by atoms with van der Waals surface area (Å²) in [7, 11) is 0. The van der Waals surface area contributed by atoms with Gasteiger partial charge in [-0.1, -0.05) is 18.2 Å². The van der Waals surface area contributed by atoms with Crippen molar-refractivity contribution in [3.63, 3.8) is 0 Å². The van der Waals surface area contributed by atoms with E-state index in [1.54, 1.807) is 42.1 Å². The van der Waals surface area contributed by atoms with E-state index in [1.165, 1.54) is 5.56 Å². The molecule has 3 rings (SSSR count). The number of rotatable bonds is 4. The van der Waals surface area contributed by atoms with E-state index in [0.717, 1.165) is 5.75 Å². The third-order valence-corrected chi connectivity index (χ3v) is 3.85. The topological polar surface area (TPSA) is 75.1 Å². The van der Waals surface area contributed by atoms with Crippen LogP contribution in [0.4, 0.5) is 5.69 Å². The van der Waals surface area contributed by atoms with E-state index in [0.29, 0.717) is 22.4 Å². The lowest BCUT2D eigenvalue weighted by Crippen LogP contribution is -2.12. The van der Waals surface area contributed by atoms with Gasteiger partial charge in [-0.05, 0) is 36.1 Å². The SMILES string of the molecule is CSCc1ccc(C(=O)Nc2cccc3oc(=O)[nH]c23)cc1. The Morgan fingerprint density at radius 1 is 1.23 bits per heavy atom. The number of H-pyrrole nitrogens is 1. The second kappa shape index (κ2) is 6.11. The van der Waals surface area contributed by atoms with Gasteiger partial charge >= 0.3 is 5.76 Å². The quantitative estimate of drug-likeness (QED) is 0.775. The van der Waals surface area contributed by atoms with Gasteiger partial charge in [0.1, 0.15) is 5.52 Å². The first kappa shape index (κ1) is 14.5. The summed E-state index contributed by atoms with van der Waals surface area (Å²) in [5.41, 5.74) is 3.15. The van der Waals surface area contributed by atoms with Crippen LogP contribution in [0.3, 0.4) is 0 Å². The smallest absolute Gasteiger partial charge is 0.408 e. The van der Waals surface area contributed by atoms with E-state index < -0.39 is 5.76 Å². The van der Waals surface area contributed by atoms with Gasteiger partial charge in [-0.2, -0.15) is 11.8 Å². The van der Waals surface area contributed by atoms with Crippen LogP contribution in [-0.2, 0) is 5.75 Å². The minimum Gasteiger partial charge on any atom is -0.408 e. The van der Waals surface area contributed by atoms with E-state index in [1.807, 2.05) is 18.4 Å². The summed E-state index contributed by atoms with van der Waals surface area (Å²) < 4.78 is 4.97. The number of benzene rings is 2. The van der Waals surface area contributed by atoms with Gasteiger partial charge in [-0.25, -0.2) is 4.79 Å². The summed E-state index contributed by atoms with van der Waals surface area (Å²) >= 11 is 1.73. The van der Waals surface area contributed by atoms with Gasteiger partial charge < -0.3 is 9.73 Å². The number of carbonyl (C=O) groups excluding carboxylic acids is 1.